The van der Waals surface area contributed by atoms with Crippen LogP contribution in [-0.4, -0.2) is 51.4 Å². The molecule has 0 N–H and O–H groups in total. The number of nitrogens with zero attached hydrogens (tertiary/aromatic N) is 2. The van der Waals surface area contributed by atoms with E-state index in [-0.39, 0.29) is 5.92 Å². The third-order valence-corrected chi connectivity index (χ3v) is 6.26. The minimum absolute atomic E-state index is 0.0813. The molecule has 156 valence electrons. The number of rotatable bonds is 8. The van der Waals surface area contributed by atoms with Crippen molar-refractivity contribution in [3.63, 3.8) is 0 Å². The fourth-order valence-electron chi connectivity index (χ4n) is 3.84. The molecule has 6 nitrogen and oxygen atoms in total. The minimum atomic E-state index is -3.31. The lowest BCUT2D eigenvalue weighted by molar-refractivity contribution is 0.194. The Morgan fingerprint density at radius 1 is 1.31 bits per heavy atom. The van der Waals surface area contributed by atoms with E-state index in [1.807, 2.05) is 18.2 Å². The van der Waals surface area contributed by atoms with Gasteiger partial charge in [0.2, 0.25) is 0 Å². The molecular weight excluding hydrogens is 388 g/mol. The van der Waals surface area contributed by atoms with Gasteiger partial charge in [-0.1, -0.05) is 24.8 Å². The maximum atomic E-state index is 12.2. The lowest BCUT2D eigenvalue weighted by Crippen LogP contribution is -2.34. The Hall–Kier alpha value is -2.38. The predicted octanol–water partition coefficient (Wildman–Crippen LogP) is 3.44. The number of pyridine rings is 1. The minimum Gasteiger partial charge on any atom is -0.493 e. The van der Waals surface area contributed by atoms with E-state index in [2.05, 4.69) is 16.5 Å². The molecule has 1 saturated heterocycles. The van der Waals surface area contributed by atoms with E-state index >= 15 is 0 Å². The summed E-state index contributed by atoms with van der Waals surface area (Å²) in [5.41, 5.74) is 1.71. The van der Waals surface area contributed by atoms with E-state index in [4.69, 9.17) is 9.47 Å². The molecule has 0 unspecified atom stereocenters. The second-order valence-corrected chi connectivity index (χ2v) is 9.27. The normalized spacial score (nSPS) is 17.7. The quantitative estimate of drug-likeness (QED) is 0.614. The van der Waals surface area contributed by atoms with E-state index < -0.39 is 9.84 Å². The van der Waals surface area contributed by atoms with Gasteiger partial charge in [0.15, 0.2) is 21.3 Å². The lowest BCUT2D eigenvalue weighted by Gasteiger charge is -2.33. The van der Waals surface area contributed by atoms with Crippen molar-refractivity contribution in [2.24, 2.45) is 0 Å². The summed E-state index contributed by atoms with van der Waals surface area (Å²) < 4.78 is 35.7. The second kappa shape index (κ2) is 9.41. The van der Waals surface area contributed by atoms with Gasteiger partial charge in [-0.3, -0.25) is 9.88 Å². The van der Waals surface area contributed by atoms with E-state index in [1.165, 1.54) is 6.26 Å². The van der Waals surface area contributed by atoms with Crippen LogP contribution in [0.5, 0.6) is 11.5 Å². The molecule has 0 saturated carbocycles. The number of methoxy groups -OCH3 is 1. The maximum absolute atomic E-state index is 12.2. The topological polar surface area (TPSA) is 68.7 Å². The molecule has 1 aromatic carbocycles. The molecule has 2 aromatic rings. The van der Waals surface area contributed by atoms with Crippen LogP contribution in [-0.2, 0) is 16.4 Å². The Labute approximate surface area is 173 Å². The zero-order chi connectivity index (χ0) is 20.9. The smallest absolute Gasteiger partial charge is 0.177 e. The summed E-state index contributed by atoms with van der Waals surface area (Å²) in [6.45, 7) is 6.50. The molecule has 0 radical (unpaired) electrons. The zero-order valence-electron chi connectivity index (χ0n) is 17.0. The van der Waals surface area contributed by atoms with Gasteiger partial charge in [0.05, 0.1) is 17.7 Å². The molecule has 1 fully saturated rings. The van der Waals surface area contributed by atoms with E-state index in [0.717, 1.165) is 37.2 Å². The number of hydrogen-bond donors (Lipinski definition) is 0. The Kier molecular flexibility index (Phi) is 6.92. The third kappa shape index (κ3) is 5.16. The molecule has 0 amide bonds. The molecule has 1 aromatic heterocycles. The molecule has 2 heterocycles. The van der Waals surface area contributed by atoms with Crippen molar-refractivity contribution in [3.8, 4) is 11.5 Å². The highest BCUT2D eigenvalue weighted by Crippen LogP contribution is 2.34. The molecule has 0 aliphatic carbocycles. The average molecular weight is 417 g/mol. The van der Waals surface area contributed by atoms with Crippen molar-refractivity contribution in [1.29, 1.82) is 0 Å². The van der Waals surface area contributed by atoms with E-state index in [0.29, 0.717) is 29.5 Å². The summed E-state index contributed by atoms with van der Waals surface area (Å²) in [6, 6.07) is 9.21. The van der Waals surface area contributed by atoms with Crippen LogP contribution in [0.2, 0.25) is 0 Å². The Morgan fingerprint density at radius 2 is 2.14 bits per heavy atom. The van der Waals surface area contributed by atoms with Crippen LogP contribution in [0.3, 0.4) is 0 Å². The fourth-order valence-corrected chi connectivity index (χ4v) is 4.76. The first kappa shape index (κ1) is 21.3. The first-order chi connectivity index (χ1) is 13.9. The first-order valence-electron chi connectivity index (χ1n) is 9.71. The molecule has 1 aliphatic heterocycles. The summed E-state index contributed by atoms with van der Waals surface area (Å²) in [4.78, 5) is 7.09. The van der Waals surface area contributed by atoms with E-state index in [9.17, 15) is 8.42 Å². The maximum Gasteiger partial charge on any atom is 0.177 e. The zero-order valence-corrected chi connectivity index (χ0v) is 17.8. The van der Waals surface area contributed by atoms with Crippen molar-refractivity contribution in [2.45, 2.75) is 30.2 Å². The van der Waals surface area contributed by atoms with Gasteiger partial charge in [-0.25, -0.2) is 8.42 Å². The summed E-state index contributed by atoms with van der Waals surface area (Å²) in [5.74, 6) is 1.51. The Morgan fingerprint density at radius 3 is 2.86 bits per heavy atom. The first-order valence-corrected chi connectivity index (χ1v) is 11.6. The van der Waals surface area contributed by atoms with Crippen LogP contribution in [0.4, 0.5) is 0 Å². The number of piperidine rings is 1. The van der Waals surface area contributed by atoms with Crippen LogP contribution >= 0.6 is 0 Å². The standard InChI is InChI=1S/C22H28N2O4S/c1-4-14-28-22-18(8-5-10-19(22)27-2)16-24-13-7-9-17(15-24)21-20(29(3,25)26)11-6-12-23-21/h4-6,8,10-12,17H,1,7,9,13-16H2,2-3H3/t17-/m1/s1. The summed E-state index contributed by atoms with van der Waals surface area (Å²) >= 11 is 0. The number of likely N-dealkylation sites (tertiary alicyclic amines) is 1. The Bertz CT molecular complexity index is 959. The number of sulfone groups is 1. The van der Waals surface area contributed by atoms with Crippen LogP contribution in [0.25, 0.3) is 0 Å². The Balaban J connectivity index is 1.82. The van der Waals surface area contributed by atoms with Crippen molar-refractivity contribution in [1.82, 2.24) is 9.88 Å². The largest absolute Gasteiger partial charge is 0.493 e. The molecule has 3 rings (SSSR count). The molecule has 0 bridgehead atoms. The van der Waals surface area contributed by atoms with Gasteiger partial charge in [0.25, 0.3) is 0 Å². The van der Waals surface area contributed by atoms with Gasteiger partial charge in [0.1, 0.15) is 6.61 Å². The predicted molar refractivity (Wildman–Crippen MR) is 113 cm³/mol. The van der Waals surface area contributed by atoms with Gasteiger partial charge in [-0.2, -0.15) is 0 Å². The van der Waals surface area contributed by atoms with Crippen molar-refractivity contribution in [3.05, 3.63) is 60.4 Å². The van der Waals surface area contributed by atoms with Crippen LogP contribution in [0.1, 0.15) is 30.0 Å². The van der Waals surface area contributed by atoms with E-state index in [1.54, 1.807) is 31.5 Å². The second-order valence-electron chi connectivity index (χ2n) is 7.28. The molecule has 0 spiro atoms. The van der Waals surface area contributed by atoms with Crippen LogP contribution in [0.15, 0.2) is 54.1 Å². The van der Waals surface area contributed by atoms with Crippen LogP contribution < -0.4 is 9.47 Å². The summed E-state index contributed by atoms with van der Waals surface area (Å²) in [5, 5.41) is 0. The monoisotopic (exact) mass is 416 g/mol. The highest BCUT2D eigenvalue weighted by Gasteiger charge is 2.27. The van der Waals surface area contributed by atoms with Crippen LogP contribution in [0, 0.1) is 0 Å². The van der Waals surface area contributed by atoms with Gasteiger partial charge < -0.3 is 9.47 Å². The number of para-hydroxylation sites is 1. The summed E-state index contributed by atoms with van der Waals surface area (Å²) in [6.07, 6.45) is 6.53. The molecular formula is C22H28N2O4S. The average Bonchev–Trinajstić information content (AvgIpc) is 2.72. The molecule has 7 heteroatoms. The van der Waals surface area contributed by atoms with Gasteiger partial charge in [0, 0.05) is 37.0 Å². The van der Waals surface area contributed by atoms with Gasteiger partial charge >= 0.3 is 0 Å². The van der Waals surface area contributed by atoms with Gasteiger partial charge in [-0.05, 0) is 37.6 Å². The van der Waals surface area contributed by atoms with Crippen molar-refractivity contribution < 1.29 is 17.9 Å². The fraction of sp³-hybridized carbons (Fsp3) is 0.409. The number of aromatic nitrogens is 1. The van der Waals surface area contributed by atoms with Gasteiger partial charge in [-0.15, -0.1) is 0 Å². The molecule has 1 atom stereocenters. The number of benzene rings is 1. The lowest BCUT2D eigenvalue weighted by atomic mass is 9.93. The molecule has 29 heavy (non-hydrogen) atoms. The van der Waals surface area contributed by atoms with Crippen molar-refractivity contribution in [2.75, 3.05) is 33.1 Å². The number of ether oxygens (including phenoxy) is 2. The molecule has 1 aliphatic rings. The SMILES string of the molecule is C=CCOc1c(CN2CCC[C@@H](c3ncccc3S(C)(=O)=O)C2)cccc1OC. The summed E-state index contributed by atoms with van der Waals surface area (Å²) in [7, 11) is -1.68. The van der Waals surface area contributed by atoms with Crippen molar-refractivity contribution >= 4 is 9.84 Å². The number of hydrogen-bond acceptors (Lipinski definition) is 6. The third-order valence-electron chi connectivity index (χ3n) is 5.11. The highest BCUT2D eigenvalue weighted by atomic mass is 32.2. The highest BCUT2D eigenvalue weighted by molar-refractivity contribution is 7.90.